The molecule has 1 aromatic heterocycles. The molecule has 0 unspecified atom stereocenters. The fraction of sp³-hybridized carbons (Fsp3) is 0.312. The van der Waals surface area contributed by atoms with Gasteiger partial charge in [-0.3, -0.25) is 4.79 Å². The third-order valence-electron chi connectivity index (χ3n) is 3.58. The second kappa shape index (κ2) is 8.76. The van der Waals surface area contributed by atoms with Crippen LogP contribution in [0.25, 0.3) is 0 Å². The van der Waals surface area contributed by atoms with Gasteiger partial charge < -0.3 is 5.32 Å². The second-order valence-corrected chi connectivity index (χ2v) is 10.7. The Hall–Kier alpha value is -1.75. The van der Waals surface area contributed by atoms with Gasteiger partial charge in [-0.2, -0.15) is 0 Å². The highest BCUT2D eigenvalue weighted by molar-refractivity contribution is 7.91. The number of sulfonamides is 1. The molecule has 0 aliphatic rings. The van der Waals surface area contributed by atoms with Gasteiger partial charge in [-0.25, -0.2) is 21.6 Å². The van der Waals surface area contributed by atoms with Gasteiger partial charge in [0.05, 0.1) is 10.6 Å². The Labute approximate surface area is 157 Å². The van der Waals surface area contributed by atoms with Crippen molar-refractivity contribution < 1.29 is 21.6 Å². The maximum atomic E-state index is 12.3. The van der Waals surface area contributed by atoms with Crippen LogP contribution in [0.5, 0.6) is 0 Å². The number of carbonyl (C=O) groups is 1. The molecule has 7 nitrogen and oxygen atoms in total. The van der Waals surface area contributed by atoms with E-state index in [1.54, 1.807) is 6.92 Å². The fourth-order valence-corrected chi connectivity index (χ4v) is 4.46. The molecule has 1 aromatic carbocycles. The predicted molar refractivity (Wildman–Crippen MR) is 101 cm³/mol. The molecule has 1 amide bonds. The summed E-state index contributed by atoms with van der Waals surface area (Å²) in [4.78, 5) is 12.9. The average Bonchev–Trinajstić information content (AvgIpc) is 3.13. The van der Waals surface area contributed by atoms with Crippen molar-refractivity contribution in [3.8, 4) is 0 Å². The SMILES string of the molecule is CCS(=O)(=O)CCNC(=O)c1ccc(S(=O)(=O)NCc2cccs2)cc1. The van der Waals surface area contributed by atoms with Crippen molar-refractivity contribution in [3.63, 3.8) is 0 Å². The van der Waals surface area contributed by atoms with Crippen molar-refractivity contribution >= 4 is 37.1 Å². The van der Waals surface area contributed by atoms with Crippen LogP contribution in [0.3, 0.4) is 0 Å². The first-order valence-electron chi connectivity index (χ1n) is 7.84. The first kappa shape index (κ1) is 20.6. The van der Waals surface area contributed by atoms with E-state index in [0.717, 1.165) is 4.88 Å². The molecule has 26 heavy (non-hydrogen) atoms. The number of hydrogen-bond acceptors (Lipinski definition) is 6. The smallest absolute Gasteiger partial charge is 0.251 e. The zero-order valence-electron chi connectivity index (χ0n) is 14.1. The number of amides is 1. The summed E-state index contributed by atoms with van der Waals surface area (Å²) in [5.74, 6) is -0.561. The van der Waals surface area contributed by atoms with Gasteiger partial charge in [-0.1, -0.05) is 13.0 Å². The lowest BCUT2D eigenvalue weighted by atomic mass is 10.2. The van der Waals surface area contributed by atoms with Crippen LogP contribution in [-0.2, 0) is 26.4 Å². The summed E-state index contributed by atoms with van der Waals surface area (Å²) in [5.41, 5.74) is 0.260. The van der Waals surface area contributed by atoms with Crippen molar-refractivity contribution in [1.82, 2.24) is 10.0 Å². The number of hydrogen-bond donors (Lipinski definition) is 2. The number of carbonyl (C=O) groups excluding carboxylic acids is 1. The van der Waals surface area contributed by atoms with E-state index in [1.165, 1.54) is 35.6 Å². The summed E-state index contributed by atoms with van der Waals surface area (Å²) in [5, 5.41) is 4.37. The minimum atomic E-state index is -3.67. The molecule has 2 rings (SSSR count). The number of sulfone groups is 1. The normalized spacial score (nSPS) is 12.0. The third-order valence-corrected chi connectivity index (χ3v) is 7.58. The summed E-state index contributed by atoms with van der Waals surface area (Å²) < 4.78 is 49.8. The molecule has 0 saturated heterocycles. The molecule has 0 saturated carbocycles. The van der Waals surface area contributed by atoms with Crippen LogP contribution >= 0.6 is 11.3 Å². The van der Waals surface area contributed by atoms with E-state index in [9.17, 15) is 21.6 Å². The van der Waals surface area contributed by atoms with Crippen molar-refractivity contribution in [2.75, 3.05) is 18.1 Å². The Morgan fingerprint density at radius 2 is 1.77 bits per heavy atom. The first-order chi connectivity index (χ1) is 12.2. The lowest BCUT2D eigenvalue weighted by molar-refractivity contribution is 0.0956. The quantitative estimate of drug-likeness (QED) is 0.642. The molecule has 1 heterocycles. The highest BCUT2D eigenvalue weighted by Crippen LogP contribution is 2.13. The van der Waals surface area contributed by atoms with E-state index in [4.69, 9.17) is 0 Å². The molecule has 0 radical (unpaired) electrons. The molecule has 0 fully saturated rings. The number of benzene rings is 1. The standard InChI is InChI=1S/C16H20N2O5S3/c1-2-25(20,21)11-9-17-16(19)13-5-7-15(8-6-13)26(22,23)18-12-14-4-3-10-24-14/h3-8,10,18H,2,9,11-12H2,1H3,(H,17,19). The lowest BCUT2D eigenvalue weighted by Crippen LogP contribution is -2.29. The van der Waals surface area contributed by atoms with E-state index in [2.05, 4.69) is 10.0 Å². The summed E-state index contributed by atoms with van der Waals surface area (Å²) in [7, 11) is -6.82. The maximum Gasteiger partial charge on any atom is 0.251 e. The highest BCUT2D eigenvalue weighted by Gasteiger charge is 2.15. The van der Waals surface area contributed by atoms with Crippen LogP contribution in [0.1, 0.15) is 22.2 Å². The van der Waals surface area contributed by atoms with E-state index in [0.29, 0.717) is 0 Å². The largest absolute Gasteiger partial charge is 0.351 e. The van der Waals surface area contributed by atoms with Crippen LogP contribution in [-0.4, -0.2) is 40.8 Å². The van der Waals surface area contributed by atoms with E-state index in [-0.39, 0.29) is 35.1 Å². The molecule has 0 aliphatic carbocycles. The second-order valence-electron chi connectivity index (χ2n) is 5.42. The molecule has 142 valence electrons. The molecule has 10 heteroatoms. The Kier molecular flexibility index (Phi) is 6.93. The van der Waals surface area contributed by atoms with E-state index in [1.807, 2.05) is 17.5 Å². The topological polar surface area (TPSA) is 109 Å². The first-order valence-corrected chi connectivity index (χ1v) is 12.0. The van der Waals surface area contributed by atoms with Crippen molar-refractivity contribution in [2.24, 2.45) is 0 Å². The number of thiophene rings is 1. The van der Waals surface area contributed by atoms with Gasteiger partial charge in [0, 0.05) is 29.3 Å². The van der Waals surface area contributed by atoms with Gasteiger partial charge >= 0.3 is 0 Å². The Morgan fingerprint density at radius 1 is 1.08 bits per heavy atom. The molecule has 0 bridgehead atoms. The van der Waals surface area contributed by atoms with Gasteiger partial charge in [0.1, 0.15) is 0 Å². The van der Waals surface area contributed by atoms with Crippen LogP contribution in [0.2, 0.25) is 0 Å². The highest BCUT2D eigenvalue weighted by atomic mass is 32.2. The molecule has 0 aliphatic heterocycles. The van der Waals surface area contributed by atoms with Gasteiger partial charge in [-0.05, 0) is 35.7 Å². The Morgan fingerprint density at radius 3 is 2.35 bits per heavy atom. The van der Waals surface area contributed by atoms with Crippen molar-refractivity contribution in [2.45, 2.75) is 18.4 Å². The van der Waals surface area contributed by atoms with Crippen LogP contribution in [0.4, 0.5) is 0 Å². The zero-order valence-corrected chi connectivity index (χ0v) is 16.6. The van der Waals surface area contributed by atoms with Crippen molar-refractivity contribution in [3.05, 3.63) is 52.2 Å². The van der Waals surface area contributed by atoms with Gasteiger partial charge in [0.15, 0.2) is 9.84 Å². The molecule has 0 spiro atoms. The minimum absolute atomic E-state index is 0.0113. The lowest BCUT2D eigenvalue weighted by Gasteiger charge is -2.08. The van der Waals surface area contributed by atoms with E-state index < -0.39 is 25.8 Å². The fourth-order valence-electron chi connectivity index (χ4n) is 2.01. The molecule has 0 atom stereocenters. The summed E-state index contributed by atoms with van der Waals surface area (Å²) in [6.07, 6.45) is 0. The number of rotatable bonds is 9. The Balaban J connectivity index is 1.95. The van der Waals surface area contributed by atoms with Crippen LogP contribution < -0.4 is 10.0 Å². The Bertz CT molecular complexity index is 934. The summed E-state index contributed by atoms with van der Waals surface area (Å²) in [6, 6.07) is 9.14. The molecule has 2 N–H and O–H groups in total. The van der Waals surface area contributed by atoms with Crippen molar-refractivity contribution in [1.29, 1.82) is 0 Å². The minimum Gasteiger partial charge on any atom is -0.351 e. The monoisotopic (exact) mass is 416 g/mol. The maximum absolute atomic E-state index is 12.3. The molecule has 2 aromatic rings. The molecular formula is C16H20N2O5S3. The van der Waals surface area contributed by atoms with E-state index >= 15 is 0 Å². The molecular weight excluding hydrogens is 396 g/mol. The van der Waals surface area contributed by atoms with Gasteiger partial charge in [0.2, 0.25) is 10.0 Å². The summed E-state index contributed by atoms with van der Waals surface area (Å²) >= 11 is 1.45. The zero-order chi connectivity index (χ0) is 19.2. The third kappa shape index (κ3) is 5.90. The summed E-state index contributed by atoms with van der Waals surface area (Å²) in [6.45, 7) is 1.76. The number of nitrogens with one attached hydrogen (secondary N) is 2. The van der Waals surface area contributed by atoms with Gasteiger partial charge in [-0.15, -0.1) is 11.3 Å². The average molecular weight is 417 g/mol. The van der Waals surface area contributed by atoms with Gasteiger partial charge in [0.25, 0.3) is 5.91 Å². The van der Waals surface area contributed by atoms with Crippen LogP contribution in [0, 0.1) is 0 Å². The predicted octanol–water partition coefficient (Wildman–Crippen LogP) is 1.39. The van der Waals surface area contributed by atoms with Crippen LogP contribution in [0.15, 0.2) is 46.7 Å².